The van der Waals surface area contributed by atoms with Gasteiger partial charge < -0.3 is 0 Å². The molecule has 1 fully saturated rings. The van der Waals surface area contributed by atoms with Crippen LogP contribution in [0, 0.1) is 0 Å². The normalized spacial score (nSPS) is 14.9. The molecule has 2 aromatic rings. The number of aromatic nitrogens is 2. The summed E-state index contributed by atoms with van der Waals surface area (Å²) in [6.07, 6.45) is 5.33. The molecule has 0 spiro atoms. The number of hydrazone groups is 1. The first-order valence-corrected chi connectivity index (χ1v) is 7.48. The van der Waals surface area contributed by atoms with E-state index in [9.17, 15) is 9.59 Å². The van der Waals surface area contributed by atoms with E-state index in [0.29, 0.717) is 10.8 Å². The number of rotatable bonds is 2. The summed E-state index contributed by atoms with van der Waals surface area (Å²) in [7, 11) is 1.54. The third-order valence-corrected chi connectivity index (χ3v) is 3.92. The average molecular weight is 298 g/mol. The first-order valence-electron chi connectivity index (χ1n) is 7.48. The van der Waals surface area contributed by atoms with E-state index in [2.05, 4.69) is 15.6 Å². The number of aryl methyl sites for hydroxylation is 1. The first kappa shape index (κ1) is 14.4. The van der Waals surface area contributed by atoms with Gasteiger partial charge in [-0.25, -0.2) is 10.1 Å². The smallest absolute Gasteiger partial charge is 0.267 e. The molecule has 1 N–H and O–H groups in total. The molecule has 1 amide bonds. The minimum Gasteiger partial charge on any atom is -0.267 e. The van der Waals surface area contributed by atoms with Gasteiger partial charge in [0.15, 0.2) is 5.69 Å². The molecule has 0 bridgehead atoms. The fourth-order valence-electron chi connectivity index (χ4n) is 2.72. The van der Waals surface area contributed by atoms with Gasteiger partial charge in [-0.15, -0.1) is 0 Å². The second-order valence-corrected chi connectivity index (χ2v) is 5.50. The number of carbonyl (C=O) groups excluding carboxylic acids is 1. The number of hydrogen-bond acceptors (Lipinski definition) is 4. The Morgan fingerprint density at radius 1 is 1.18 bits per heavy atom. The highest BCUT2D eigenvalue weighted by molar-refractivity contribution is 6.05. The van der Waals surface area contributed by atoms with E-state index in [-0.39, 0.29) is 17.2 Å². The van der Waals surface area contributed by atoms with E-state index in [0.717, 1.165) is 31.4 Å². The molecule has 1 aromatic carbocycles. The summed E-state index contributed by atoms with van der Waals surface area (Å²) in [5, 5.41) is 9.33. The Balaban J connectivity index is 1.94. The number of hydrogen-bond donors (Lipinski definition) is 1. The van der Waals surface area contributed by atoms with Crippen molar-refractivity contribution in [3.63, 3.8) is 0 Å². The summed E-state index contributed by atoms with van der Waals surface area (Å²) in [6.45, 7) is 0. The Morgan fingerprint density at radius 2 is 1.86 bits per heavy atom. The molecule has 1 aliphatic rings. The molecule has 1 aromatic heterocycles. The zero-order chi connectivity index (χ0) is 15.5. The number of fused-ring (bicyclic) bond motifs is 1. The largest absolute Gasteiger partial charge is 0.292 e. The van der Waals surface area contributed by atoms with Crippen molar-refractivity contribution in [2.75, 3.05) is 0 Å². The van der Waals surface area contributed by atoms with Gasteiger partial charge in [0, 0.05) is 18.1 Å². The van der Waals surface area contributed by atoms with E-state index < -0.39 is 0 Å². The van der Waals surface area contributed by atoms with Gasteiger partial charge >= 0.3 is 0 Å². The molecule has 6 nitrogen and oxygen atoms in total. The maximum absolute atomic E-state index is 12.4. The van der Waals surface area contributed by atoms with Crippen molar-refractivity contribution in [3.05, 3.63) is 40.3 Å². The SMILES string of the molecule is Cn1nc(C(=O)NN=C2CCCCC2)c2ccccc2c1=O. The predicted octanol–water partition coefficient (Wildman–Crippen LogP) is 1.98. The van der Waals surface area contributed by atoms with Crippen LogP contribution in [0.4, 0.5) is 0 Å². The van der Waals surface area contributed by atoms with Crippen LogP contribution in [0.2, 0.25) is 0 Å². The minimum atomic E-state index is -0.384. The van der Waals surface area contributed by atoms with Crippen molar-refractivity contribution in [2.45, 2.75) is 32.1 Å². The van der Waals surface area contributed by atoms with Crippen LogP contribution in [0.3, 0.4) is 0 Å². The Hall–Kier alpha value is -2.50. The molecule has 114 valence electrons. The zero-order valence-electron chi connectivity index (χ0n) is 12.5. The molecule has 0 atom stereocenters. The number of carbonyl (C=O) groups is 1. The summed E-state index contributed by atoms with van der Waals surface area (Å²) in [4.78, 5) is 24.4. The van der Waals surface area contributed by atoms with Crippen molar-refractivity contribution in [1.82, 2.24) is 15.2 Å². The van der Waals surface area contributed by atoms with Crippen molar-refractivity contribution >= 4 is 22.4 Å². The molecule has 1 saturated carbocycles. The van der Waals surface area contributed by atoms with Gasteiger partial charge in [-0.2, -0.15) is 10.2 Å². The third kappa shape index (κ3) is 2.77. The summed E-state index contributed by atoms with van der Waals surface area (Å²) in [5.74, 6) is -0.384. The van der Waals surface area contributed by atoms with Crippen molar-refractivity contribution in [3.8, 4) is 0 Å². The molecule has 6 heteroatoms. The topological polar surface area (TPSA) is 76.3 Å². The van der Waals surface area contributed by atoms with Crippen molar-refractivity contribution in [1.29, 1.82) is 0 Å². The lowest BCUT2D eigenvalue weighted by atomic mass is 9.99. The minimum absolute atomic E-state index is 0.217. The highest BCUT2D eigenvalue weighted by atomic mass is 16.2. The highest BCUT2D eigenvalue weighted by Gasteiger charge is 2.15. The predicted molar refractivity (Wildman–Crippen MR) is 85.0 cm³/mol. The number of nitrogens with zero attached hydrogens (tertiary/aromatic N) is 3. The molecule has 0 aliphatic heterocycles. The number of nitrogens with one attached hydrogen (secondary N) is 1. The Morgan fingerprint density at radius 3 is 2.59 bits per heavy atom. The zero-order valence-corrected chi connectivity index (χ0v) is 12.5. The van der Waals surface area contributed by atoms with E-state index in [1.807, 2.05) is 0 Å². The average Bonchev–Trinajstić information content (AvgIpc) is 2.57. The molecule has 22 heavy (non-hydrogen) atoms. The monoisotopic (exact) mass is 298 g/mol. The highest BCUT2D eigenvalue weighted by Crippen LogP contribution is 2.15. The quantitative estimate of drug-likeness (QED) is 0.861. The van der Waals surface area contributed by atoms with Gasteiger partial charge in [-0.3, -0.25) is 9.59 Å². The molecule has 0 radical (unpaired) electrons. The summed E-state index contributed by atoms with van der Waals surface area (Å²) in [6, 6.07) is 6.98. The first-order chi connectivity index (χ1) is 10.7. The van der Waals surface area contributed by atoms with E-state index in [1.54, 1.807) is 31.3 Å². The van der Waals surface area contributed by atoms with Crippen LogP contribution in [-0.4, -0.2) is 21.4 Å². The van der Waals surface area contributed by atoms with E-state index in [4.69, 9.17) is 0 Å². The fraction of sp³-hybridized carbons (Fsp3) is 0.375. The molecular weight excluding hydrogens is 280 g/mol. The van der Waals surface area contributed by atoms with Crippen LogP contribution < -0.4 is 11.0 Å². The standard InChI is InChI=1S/C16H18N4O2/c1-20-16(22)13-10-6-5-9-12(13)14(19-20)15(21)18-17-11-7-3-2-4-8-11/h5-6,9-10H,2-4,7-8H2,1H3,(H,18,21). The summed E-state index contributed by atoms with van der Waals surface area (Å²) in [5.41, 5.74) is 3.60. The van der Waals surface area contributed by atoms with Crippen molar-refractivity contribution < 1.29 is 4.79 Å². The molecular formula is C16H18N4O2. The van der Waals surface area contributed by atoms with Crippen LogP contribution in [0.5, 0.6) is 0 Å². The Labute approximate surface area is 127 Å². The molecule has 0 saturated heterocycles. The second kappa shape index (κ2) is 6.09. The maximum atomic E-state index is 12.4. The summed E-state index contributed by atoms with van der Waals surface area (Å²) < 4.78 is 1.19. The second-order valence-electron chi connectivity index (χ2n) is 5.50. The van der Waals surface area contributed by atoms with E-state index in [1.165, 1.54) is 11.1 Å². The van der Waals surface area contributed by atoms with Gasteiger partial charge in [-0.1, -0.05) is 24.6 Å². The Bertz CT molecular complexity index is 799. The van der Waals surface area contributed by atoms with Gasteiger partial charge in [0.05, 0.1) is 5.39 Å². The molecule has 1 aliphatic carbocycles. The lowest BCUT2D eigenvalue weighted by Gasteiger charge is -2.12. The molecule has 1 heterocycles. The van der Waals surface area contributed by atoms with Crippen LogP contribution in [0.1, 0.15) is 42.6 Å². The molecule has 3 rings (SSSR count). The summed E-state index contributed by atoms with van der Waals surface area (Å²) >= 11 is 0. The van der Waals surface area contributed by atoms with Gasteiger partial charge in [0.2, 0.25) is 0 Å². The van der Waals surface area contributed by atoms with Gasteiger partial charge in [0.1, 0.15) is 0 Å². The lowest BCUT2D eigenvalue weighted by molar-refractivity contribution is 0.0949. The Kier molecular flexibility index (Phi) is 4.00. The van der Waals surface area contributed by atoms with E-state index >= 15 is 0 Å². The molecule has 0 unspecified atom stereocenters. The van der Waals surface area contributed by atoms with Crippen LogP contribution in [-0.2, 0) is 7.05 Å². The number of amides is 1. The van der Waals surface area contributed by atoms with Gasteiger partial charge in [-0.05, 0) is 31.7 Å². The lowest BCUT2D eigenvalue weighted by Crippen LogP contribution is -2.28. The van der Waals surface area contributed by atoms with Gasteiger partial charge in [0.25, 0.3) is 11.5 Å². The van der Waals surface area contributed by atoms with Crippen LogP contribution in [0.25, 0.3) is 10.8 Å². The third-order valence-electron chi connectivity index (χ3n) is 3.92. The van der Waals surface area contributed by atoms with Crippen LogP contribution >= 0.6 is 0 Å². The fourth-order valence-corrected chi connectivity index (χ4v) is 2.72. The maximum Gasteiger partial charge on any atom is 0.292 e. The number of benzene rings is 1. The van der Waals surface area contributed by atoms with Crippen LogP contribution in [0.15, 0.2) is 34.2 Å². The van der Waals surface area contributed by atoms with Crippen molar-refractivity contribution in [2.24, 2.45) is 12.1 Å².